The highest BCUT2D eigenvalue weighted by atomic mass is 16.5. The molecule has 0 unspecified atom stereocenters. The summed E-state index contributed by atoms with van der Waals surface area (Å²) in [5, 5.41) is -0.483. The zero-order valence-electron chi connectivity index (χ0n) is 21.9. The number of nitrogens with two attached hydrogens (primary N) is 1. The number of methoxy groups -OCH3 is 1. The Hall–Kier alpha value is -4.05. The number of fused-ring (bicyclic) bond motifs is 1. The summed E-state index contributed by atoms with van der Waals surface area (Å²) in [7, 11) is 27.2. The lowest BCUT2D eigenvalue weighted by Crippen LogP contribution is -2.48. The van der Waals surface area contributed by atoms with Crippen LogP contribution in [0.1, 0.15) is 27.4 Å². The van der Waals surface area contributed by atoms with E-state index >= 15 is 0 Å². The van der Waals surface area contributed by atoms with Crippen molar-refractivity contribution in [2.24, 2.45) is 0 Å². The smallest absolute Gasteiger partial charge is 0.270 e. The van der Waals surface area contributed by atoms with Gasteiger partial charge in [-0.25, -0.2) is 15.0 Å². The van der Waals surface area contributed by atoms with Gasteiger partial charge in [-0.3, -0.25) is 9.78 Å². The molecule has 192 valence electrons. The molecule has 3 aromatic heterocycles. The van der Waals surface area contributed by atoms with Crippen LogP contribution in [0.3, 0.4) is 0 Å². The average Bonchev–Trinajstić information content (AvgIpc) is 2.96. The average molecular weight is 525 g/mol. The number of aromatic nitrogens is 4. The zero-order chi connectivity index (χ0) is 28.5. The van der Waals surface area contributed by atoms with Crippen LogP contribution in [0.5, 0.6) is 5.75 Å². The minimum atomic E-state index is -1.92. The maximum atomic E-state index is 13.3. The molecule has 1 saturated heterocycles. The lowest BCUT2D eigenvalue weighted by molar-refractivity contribution is 0.0938. The van der Waals surface area contributed by atoms with Gasteiger partial charge in [0, 0.05) is 41.4 Å². The molecule has 0 atom stereocenters. The number of hydrogen-bond donors (Lipinski definition) is 2. The van der Waals surface area contributed by atoms with E-state index in [9.17, 15) is 4.79 Å². The third-order valence-electron chi connectivity index (χ3n) is 6.62. The molecule has 4 heterocycles. The molecular formula is C26H23B4N7O3. The number of anilines is 2. The second-order valence-electron chi connectivity index (χ2n) is 9.39. The third kappa shape index (κ3) is 5.36. The van der Waals surface area contributed by atoms with Crippen molar-refractivity contribution in [3.63, 3.8) is 0 Å². The maximum absolute atomic E-state index is 13.3. The number of morpholine rings is 1. The molecule has 10 nitrogen and oxygen atoms in total. The van der Waals surface area contributed by atoms with Gasteiger partial charge in [0.2, 0.25) is 5.95 Å². The van der Waals surface area contributed by atoms with E-state index in [4.69, 9.17) is 46.6 Å². The Morgan fingerprint density at radius 1 is 1.00 bits per heavy atom. The van der Waals surface area contributed by atoms with Crippen molar-refractivity contribution in [3.8, 4) is 5.75 Å². The van der Waals surface area contributed by atoms with Crippen LogP contribution in [0.15, 0.2) is 54.7 Å². The molecule has 1 aromatic carbocycles. The first-order valence-electron chi connectivity index (χ1n) is 12.5. The van der Waals surface area contributed by atoms with Gasteiger partial charge in [-0.1, -0.05) is 24.3 Å². The highest BCUT2D eigenvalue weighted by molar-refractivity contribution is 6.42. The molecule has 0 spiro atoms. The lowest BCUT2D eigenvalue weighted by Gasteiger charge is -2.32. The van der Waals surface area contributed by atoms with Crippen LogP contribution in [0.25, 0.3) is 10.9 Å². The van der Waals surface area contributed by atoms with E-state index in [-0.39, 0.29) is 23.0 Å². The first-order valence-corrected chi connectivity index (χ1v) is 12.5. The van der Waals surface area contributed by atoms with Crippen molar-refractivity contribution >= 4 is 60.0 Å². The largest absolute Gasteiger partial charge is 0.494 e. The molecule has 4 aromatic rings. The number of pyridine rings is 2. The Morgan fingerprint density at radius 2 is 1.73 bits per heavy atom. The number of nitrogens with zero attached hydrogens (tertiary/aromatic N) is 5. The fourth-order valence-electron chi connectivity index (χ4n) is 4.45. The molecule has 40 heavy (non-hydrogen) atoms. The molecule has 0 saturated carbocycles. The number of ether oxygens (including phenoxy) is 2. The second kappa shape index (κ2) is 10.8. The van der Waals surface area contributed by atoms with E-state index in [1.54, 1.807) is 48.7 Å². The number of amides is 1. The minimum Gasteiger partial charge on any atom is -0.494 e. The van der Waals surface area contributed by atoms with Crippen molar-refractivity contribution in [1.29, 1.82) is 0 Å². The summed E-state index contributed by atoms with van der Waals surface area (Å²) in [6, 6.07) is 13.5. The molecule has 3 N–H and O–H groups in total. The first-order chi connectivity index (χ1) is 19.1. The van der Waals surface area contributed by atoms with Gasteiger partial charge in [0.1, 0.15) is 22.8 Å². The molecule has 8 radical (unpaired) electrons. The van der Waals surface area contributed by atoms with Gasteiger partial charge < -0.3 is 25.4 Å². The van der Waals surface area contributed by atoms with Crippen molar-refractivity contribution in [1.82, 2.24) is 25.3 Å². The quantitative estimate of drug-likeness (QED) is 0.327. The van der Waals surface area contributed by atoms with Crippen LogP contribution in [-0.4, -0.2) is 90.6 Å². The fourth-order valence-corrected chi connectivity index (χ4v) is 4.45. The van der Waals surface area contributed by atoms with E-state index in [1.165, 1.54) is 7.11 Å². The Bertz CT molecular complexity index is 1550. The van der Waals surface area contributed by atoms with Crippen LogP contribution < -0.4 is 20.7 Å². The number of nitrogen functional groups attached to an aromatic ring is 1. The van der Waals surface area contributed by atoms with Crippen LogP contribution in [0.4, 0.5) is 11.8 Å². The SMILES string of the molecule is [B]C([B])(NC(=O)c1nc(N)nc2c(OC)cccc12)c1cccc(C([B])([B])c2ccc(N3CCOCC3)nc2)n1. The monoisotopic (exact) mass is 525 g/mol. The Kier molecular flexibility index (Phi) is 7.46. The summed E-state index contributed by atoms with van der Waals surface area (Å²) in [6.07, 6.45) is 1.61. The molecule has 0 bridgehead atoms. The Morgan fingerprint density at radius 3 is 2.42 bits per heavy atom. The second-order valence-corrected chi connectivity index (χ2v) is 9.39. The lowest BCUT2D eigenvalue weighted by atomic mass is 9.49. The normalized spacial score (nSPS) is 14.2. The van der Waals surface area contributed by atoms with Gasteiger partial charge in [0.25, 0.3) is 5.91 Å². The van der Waals surface area contributed by atoms with Crippen LogP contribution in [0.2, 0.25) is 0 Å². The van der Waals surface area contributed by atoms with Crippen LogP contribution in [-0.2, 0) is 15.3 Å². The summed E-state index contributed by atoms with van der Waals surface area (Å²) >= 11 is 0. The molecule has 14 heteroatoms. The number of nitrogens with one attached hydrogen (secondary N) is 1. The zero-order valence-corrected chi connectivity index (χ0v) is 21.9. The molecule has 5 rings (SSSR count). The summed E-state index contributed by atoms with van der Waals surface area (Å²) < 4.78 is 10.7. The molecule has 1 aliphatic heterocycles. The number of carbonyl (C=O) groups is 1. The highest BCUT2D eigenvalue weighted by Crippen LogP contribution is 2.28. The summed E-state index contributed by atoms with van der Waals surface area (Å²) in [5.74, 6) is 0.410. The topological polar surface area (TPSA) is 128 Å². The first kappa shape index (κ1) is 27.5. The van der Waals surface area contributed by atoms with Crippen molar-refractivity contribution in [2.45, 2.75) is 10.6 Å². The van der Waals surface area contributed by atoms with Crippen LogP contribution >= 0.6 is 0 Å². The molecule has 1 aliphatic rings. The Labute approximate surface area is 237 Å². The summed E-state index contributed by atoms with van der Waals surface area (Å²) in [6.45, 7) is 2.78. The van der Waals surface area contributed by atoms with Gasteiger partial charge in [-0.15, -0.1) is 0 Å². The third-order valence-corrected chi connectivity index (χ3v) is 6.62. The Balaban J connectivity index is 1.40. The molecule has 1 fully saturated rings. The number of para-hydroxylation sites is 1. The molecule has 1 amide bonds. The predicted octanol–water partition coefficient (Wildman–Crippen LogP) is 0.263. The van der Waals surface area contributed by atoms with Crippen molar-refractivity contribution < 1.29 is 14.3 Å². The molecular weight excluding hydrogens is 502 g/mol. The highest BCUT2D eigenvalue weighted by Gasteiger charge is 2.30. The van der Waals surface area contributed by atoms with E-state index in [0.29, 0.717) is 35.4 Å². The predicted molar refractivity (Wildman–Crippen MR) is 155 cm³/mol. The van der Waals surface area contributed by atoms with E-state index in [1.807, 2.05) is 6.07 Å². The number of rotatable bonds is 7. The van der Waals surface area contributed by atoms with Gasteiger partial charge in [-0.2, -0.15) is 0 Å². The maximum Gasteiger partial charge on any atom is 0.270 e. The van der Waals surface area contributed by atoms with E-state index in [2.05, 4.69) is 30.2 Å². The number of carbonyl (C=O) groups excluding carboxylic acids is 1. The number of benzene rings is 1. The molecule has 0 aliphatic carbocycles. The van der Waals surface area contributed by atoms with Gasteiger partial charge in [0.05, 0.1) is 51.7 Å². The van der Waals surface area contributed by atoms with Gasteiger partial charge in [-0.05, 0) is 35.0 Å². The number of hydrogen-bond acceptors (Lipinski definition) is 9. The van der Waals surface area contributed by atoms with Gasteiger partial charge in [0.15, 0.2) is 0 Å². The van der Waals surface area contributed by atoms with Crippen LogP contribution in [0, 0.1) is 0 Å². The van der Waals surface area contributed by atoms with Crippen molar-refractivity contribution in [3.05, 3.63) is 77.4 Å². The van der Waals surface area contributed by atoms with E-state index < -0.39 is 16.5 Å². The fraction of sp³-hybridized carbons (Fsp3) is 0.269. The minimum absolute atomic E-state index is 0.0312. The summed E-state index contributed by atoms with van der Waals surface area (Å²) in [5.41, 5.74) is 7.10. The van der Waals surface area contributed by atoms with Crippen molar-refractivity contribution in [2.75, 3.05) is 44.0 Å². The summed E-state index contributed by atoms with van der Waals surface area (Å²) in [4.78, 5) is 32.8. The van der Waals surface area contributed by atoms with Gasteiger partial charge >= 0.3 is 0 Å². The van der Waals surface area contributed by atoms with E-state index in [0.717, 1.165) is 18.9 Å². The standard InChI is InChI=1S/C26H23B4N7O3/c1-39-17-5-2-4-16-21(17)34-24(31)35-22(16)23(38)36-26(29,30)19-7-3-6-18(33-19)25(27,28)15-8-9-20(32-14-15)37-10-12-40-13-11-37/h2-9,14H,10-13H2,1H3,(H,36,38)(H2,31,34,35).